The van der Waals surface area contributed by atoms with Crippen molar-refractivity contribution in [2.24, 2.45) is 0 Å². The van der Waals surface area contributed by atoms with E-state index in [-0.39, 0.29) is 0 Å². The van der Waals surface area contributed by atoms with E-state index in [1.54, 1.807) is 0 Å². The van der Waals surface area contributed by atoms with Crippen molar-refractivity contribution in [2.45, 2.75) is 0 Å². The molecule has 84 valence electrons. The normalized spacial score (nSPS) is 13.5. The predicted molar refractivity (Wildman–Crippen MR) is 70.7 cm³/mol. The van der Waals surface area contributed by atoms with E-state index in [2.05, 4.69) is 18.2 Å². The van der Waals surface area contributed by atoms with Gasteiger partial charge in [-0.25, -0.2) is 0 Å². The molecule has 1 aliphatic rings. The number of nitrogen functional groups attached to an aromatic ring is 1. The number of nitrogens with two attached hydrogens (primary N) is 1. The van der Waals surface area contributed by atoms with E-state index in [9.17, 15) is 0 Å². The average Bonchev–Trinajstić information content (AvgIpc) is 2.39. The smallest absolute Gasteiger partial charge is 0.127 e. The van der Waals surface area contributed by atoms with Crippen molar-refractivity contribution < 1.29 is 4.74 Å². The quantitative estimate of drug-likeness (QED) is 0.753. The minimum Gasteiger partial charge on any atom is -0.488 e. The standard InChI is InChI=1S/C15H13NO/c16-14-6-7-15-12(9-14)8-13(10-17-15)11-4-2-1-3-5-11/h1-9H,10,16H2. The summed E-state index contributed by atoms with van der Waals surface area (Å²) in [6.45, 7) is 0.612. The zero-order valence-corrected chi connectivity index (χ0v) is 9.39. The number of benzene rings is 2. The van der Waals surface area contributed by atoms with Gasteiger partial charge in [0, 0.05) is 11.3 Å². The Hall–Kier alpha value is -2.22. The lowest BCUT2D eigenvalue weighted by Crippen LogP contribution is -2.06. The Balaban J connectivity index is 2.05. The molecule has 0 aliphatic carbocycles. The van der Waals surface area contributed by atoms with Crippen LogP contribution in [-0.2, 0) is 0 Å². The lowest BCUT2D eigenvalue weighted by molar-refractivity contribution is 0.366. The largest absolute Gasteiger partial charge is 0.488 e. The molecule has 2 nitrogen and oxygen atoms in total. The van der Waals surface area contributed by atoms with Crippen molar-refractivity contribution >= 4 is 17.3 Å². The number of anilines is 1. The van der Waals surface area contributed by atoms with E-state index in [0.29, 0.717) is 6.61 Å². The van der Waals surface area contributed by atoms with E-state index in [1.807, 2.05) is 36.4 Å². The molecule has 2 aromatic rings. The summed E-state index contributed by atoms with van der Waals surface area (Å²) < 4.78 is 5.72. The molecule has 17 heavy (non-hydrogen) atoms. The Morgan fingerprint density at radius 3 is 2.65 bits per heavy atom. The van der Waals surface area contributed by atoms with Crippen LogP contribution in [0.15, 0.2) is 48.5 Å². The maximum atomic E-state index is 5.78. The van der Waals surface area contributed by atoms with Gasteiger partial charge in [0.1, 0.15) is 12.4 Å². The van der Waals surface area contributed by atoms with Crippen LogP contribution in [0.5, 0.6) is 5.75 Å². The Kier molecular flexibility index (Phi) is 2.33. The first-order valence-electron chi connectivity index (χ1n) is 5.61. The van der Waals surface area contributed by atoms with Crippen LogP contribution in [0, 0.1) is 0 Å². The lowest BCUT2D eigenvalue weighted by atomic mass is 10.0. The molecule has 0 spiro atoms. The molecule has 3 rings (SSSR count). The van der Waals surface area contributed by atoms with Crippen LogP contribution in [0.3, 0.4) is 0 Å². The summed E-state index contributed by atoms with van der Waals surface area (Å²) in [6.07, 6.45) is 2.14. The highest BCUT2D eigenvalue weighted by molar-refractivity contribution is 5.86. The monoisotopic (exact) mass is 223 g/mol. The highest BCUT2D eigenvalue weighted by atomic mass is 16.5. The predicted octanol–water partition coefficient (Wildman–Crippen LogP) is 3.20. The van der Waals surface area contributed by atoms with Gasteiger partial charge in [-0.2, -0.15) is 0 Å². The van der Waals surface area contributed by atoms with Crippen LogP contribution in [0.25, 0.3) is 11.6 Å². The second-order valence-electron chi connectivity index (χ2n) is 4.12. The maximum absolute atomic E-state index is 5.78. The molecule has 0 bridgehead atoms. The van der Waals surface area contributed by atoms with Crippen molar-refractivity contribution in [3.8, 4) is 5.75 Å². The van der Waals surface area contributed by atoms with Gasteiger partial charge in [0.2, 0.25) is 0 Å². The fourth-order valence-electron chi connectivity index (χ4n) is 2.01. The first kappa shape index (κ1) is 9.97. The van der Waals surface area contributed by atoms with Crippen molar-refractivity contribution in [2.75, 3.05) is 12.3 Å². The molecule has 0 atom stereocenters. The zero-order chi connectivity index (χ0) is 11.7. The minimum atomic E-state index is 0.612. The van der Waals surface area contributed by atoms with E-state index in [1.165, 1.54) is 11.1 Å². The van der Waals surface area contributed by atoms with Gasteiger partial charge in [-0.15, -0.1) is 0 Å². The molecule has 2 N–H and O–H groups in total. The molecule has 0 unspecified atom stereocenters. The Bertz CT molecular complexity index is 573. The van der Waals surface area contributed by atoms with Crippen LogP contribution in [0.1, 0.15) is 11.1 Å². The van der Waals surface area contributed by atoms with Gasteiger partial charge >= 0.3 is 0 Å². The second kappa shape index (κ2) is 3.98. The van der Waals surface area contributed by atoms with Crippen LogP contribution in [0.2, 0.25) is 0 Å². The van der Waals surface area contributed by atoms with Crippen molar-refractivity contribution in [3.63, 3.8) is 0 Å². The molecule has 1 heterocycles. The van der Waals surface area contributed by atoms with Crippen LogP contribution in [0.4, 0.5) is 5.69 Å². The fraction of sp³-hybridized carbons (Fsp3) is 0.0667. The lowest BCUT2D eigenvalue weighted by Gasteiger charge is -2.18. The van der Waals surface area contributed by atoms with Crippen LogP contribution < -0.4 is 10.5 Å². The summed E-state index contributed by atoms with van der Waals surface area (Å²) in [6, 6.07) is 16.0. The van der Waals surface area contributed by atoms with Gasteiger partial charge in [0.05, 0.1) is 0 Å². The summed E-state index contributed by atoms with van der Waals surface area (Å²) in [5.74, 6) is 0.902. The maximum Gasteiger partial charge on any atom is 0.127 e. The molecule has 0 aromatic heterocycles. The highest BCUT2D eigenvalue weighted by Gasteiger charge is 2.12. The number of hydrogen-bond donors (Lipinski definition) is 1. The summed E-state index contributed by atoms with van der Waals surface area (Å²) in [7, 11) is 0. The van der Waals surface area contributed by atoms with E-state index >= 15 is 0 Å². The second-order valence-corrected chi connectivity index (χ2v) is 4.12. The zero-order valence-electron chi connectivity index (χ0n) is 9.39. The summed E-state index contributed by atoms with van der Waals surface area (Å²) in [5.41, 5.74) is 9.97. The minimum absolute atomic E-state index is 0.612. The first-order valence-corrected chi connectivity index (χ1v) is 5.61. The molecular weight excluding hydrogens is 210 g/mol. The molecule has 0 amide bonds. The number of ether oxygens (including phenoxy) is 1. The molecule has 0 radical (unpaired) electrons. The van der Waals surface area contributed by atoms with Crippen molar-refractivity contribution in [1.82, 2.24) is 0 Å². The first-order chi connectivity index (χ1) is 8.33. The fourth-order valence-corrected chi connectivity index (χ4v) is 2.01. The third-order valence-corrected chi connectivity index (χ3v) is 2.89. The van der Waals surface area contributed by atoms with Gasteiger partial charge < -0.3 is 10.5 Å². The summed E-state index contributed by atoms with van der Waals surface area (Å²) >= 11 is 0. The summed E-state index contributed by atoms with van der Waals surface area (Å²) in [5, 5.41) is 0. The number of hydrogen-bond acceptors (Lipinski definition) is 2. The topological polar surface area (TPSA) is 35.2 Å². The molecule has 0 saturated carbocycles. The Morgan fingerprint density at radius 1 is 1.00 bits per heavy atom. The molecule has 0 fully saturated rings. The molecular formula is C15H13NO. The van der Waals surface area contributed by atoms with Crippen LogP contribution >= 0.6 is 0 Å². The third kappa shape index (κ3) is 1.89. The van der Waals surface area contributed by atoms with Gasteiger partial charge in [-0.05, 0) is 35.4 Å². The molecule has 2 heteroatoms. The summed E-state index contributed by atoms with van der Waals surface area (Å²) in [4.78, 5) is 0. The highest BCUT2D eigenvalue weighted by Crippen LogP contribution is 2.31. The molecule has 2 aromatic carbocycles. The molecule has 0 saturated heterocycles. The SMILES string of the molecule is Nc1ccc2c(c1)C=C(c1ccccc1)CO2. The Morgan fingerprint density at radius 2 is 1.82 bits per heavy atom. The van der Waals surface area contributed by atoms with Crippen molar-refractivity contribution in [3.05, 3.63) is 59.7 Å². The van der Waals surface area contributed by atoms with Gasteiger partial charge in [0.25, 0.3) is 0 Å². The molecule has 1 aliphatic heterocycles. The Labute approximate surface area is 100 Å². The number of fused-ring (bicyclic) bond motifs is 1. The third-order valence-electron chi connectivity index (χ3n) is 2.89. The van der Waals surface area contributed by atoms with E-state index in [0.717, 1.165) is 17.0 Å². The van der Waals surface area contributed by atoms with Gasteiger partial charge in [-0.3, -0.25) is 0 Å². The van der Waals surface area contributed by atoms with E-state index < -0.39 is 0 Å². The number of rotatable bonds is 1. The van der Waals surface area contributed by atoms with Gasteiger partial charge in [0.15, 0.2) is 0 Å². The van der Waals surface area contributed by atoms with E-state index in [4.69, 9.17) is 10.5 Å². The van der Waals surface area contributed by atoms with Crippen molar-refractivity contribution in [1.29, 1.82) is 0 Å². The van der Waals surface area contributed by atoms with Gasteiger partial charge in [-0.1, -0.05) is 30.3 Å². The van der Waals surface area contributed by atoms with Crippen LogP contribution in [-0.4, -0.2) is 6.61 Å². The average molecular weight is 223 g/mol.